The van der Waals surface area contributed by atoms with E-state index in [1.165, 1.54) is 18.3 Å². The Hall–Kier alpha value is -4.68. The van der Waals surface area contributed by atoms with Gasteiger partial charge < -0.3 is 11.1 Å². The molecule has 0 aliphatic heterocycles. The van der Waals surface area contributed by atoms with Crippen LogP contribution in [0, 0.1) is 17.5 Å². The summed E-state index contributed by atoms with van der Waals surface area (Å²) in [7, 11) is 0. The van der Waals surface area contributed by atoms with Crippen molar-refractivity contribution in [1.29, 1.82) is 0 Å². The van der Waals surface area contributed by atoms with E-state index in [0.717, 1.165) is 22.9 Å². The maximum absolute atomic E-state index is 14.2. The van der Waals surface area contributed by atoms with E-state index in [4.69, 9.17) is 5.73 Å². The quantitative estimate of drug-likeness (QED) is 0.213. The first-order chi connectivity index (χ1) is 20.8. The van der Waals surface area contributed by atoms with Crippen molar-refractivity contribution in [3.05, 3.63) is 106 Å². The van der Waals surface area contributed by atoms with Gasteiger partial charge in [-0.05, 0) is 73.1 Å². The third kappa shape index (κ3) is 6.61. The van der Waals surface area contributed by atoms with Crippen molar-refractivity contribution >= 4 is 11.8 Å². The van der Waals surface area contributed by atoms with Crippen LogP contribution in [-0.2, 0) is 30.4 Å². The molecule has 44 heavy (non-hydrogen) atoms. The molecule has 0 spiro atoms. The Labute approximate surface area is 248 Å². The molecule has 13 heteroatoms. The van der Waals surface area contributed by atoms with Gasteiger partial charge in [-0.25, -0.2) is 13.2 Å². The summed E-state index contributed by atoms with van der Waals surface area (Å²) < 4.78 is 85.0. The normalized spacial score (nSPS) is 14.0. The number of aromatic nitrogens is 3. The predicted molar refractivity (Wildman–Crippen MR) is 148 cm³/mol. The molecule has 1 saturated carbocycles. The first-order valence-corrected chi connectivity index (χ1v) is 13.8. The average molecular weight is 616 g/mol. The standard InChI is InChI=1S/C31H27F6N5O2/c1-2-25-27(17-5-6-17)29(31(35,36)37)41-42(25)15-26(43)40-24(12-16-10-19(32)14-20(33)11-16)28-21(4-3-9-39-28)18-7-8-23(34)22(13-18)30(38)44/h3-4,7-11,13-14,17,24H,2,5-6,12,15H2,1H3,(H2,38,44)(H,40,43). The third-order valence-corrected chi connectivity index (χ3v) is 7.39. The number of carbonyl (C=O) groups excluding carboxylic acids is 2. The van der Waals surface area contributed by atoms with E-state index in [-0.39, 0.29) is 41.1 Å². The molecular weight excluding hydrogens is 588 g/mol. The molecule has 1 atom stereocenters. The van der Waals surface area contributed by atoms with Gasteiger partial charge in [-0.2, -0.15) is 18.3 Å². The molecule has 230 valence electrons. The van der Waals surface area contributed by atoms with Crippen molar-refractivity contribution in [1.82, 2.24) is 20.1 Å². The van der Waals surface area contributed by atoms with Crippen LogP contribution in [-0.4, -0.2) is 26.6 Å². The van der Waals surface area contributed by atoms with E-state index in [1.54, 1.807) is 19.1 Å². The van der Waals surface area contributed by atoms with Crippen molar-refractivity contribution in [2.24, 2.45) is 5.73 Å². The maximum atomic E-state index is 14.2. The highest BCUT2D eigenvalue weighted by Crippen LogP contribution is 2.47. The summed E-state index contributed by atoms with van der Waals surface area (Å²) in [5.41, 5.74) is 5.35. The van der Waals surface area contributed by atoms with Gasteiger partial charge in [-0.3, -0.25) is 19.3 Å². The zero-order chi connectivity index (χ0) is 31.8. The molecule has 2 aromatic heterocycles. The lowest BCUT2D eigenvalue weighted by Crippen LogP contribution is -2.34. The summed E-state index contributed by atoms with van der Waals surface area (Å²) in [5.74, 6) is -4.56. The van der Waals surface area contributed by atoms with Gasteiger partial charge in [0.25, 0.3) is 5.91 Å². The van der Waals surface area contributed by atoms with Gasteiger partial charge in [-0.15, -0.1) is 0 Å². The van der Waals surface area contributed by atoms with Gasteiger partial charge >= 0.3 is 6.18 Å². The van der Waals surface area contributed by atoms with Crippen LogP contribution in [0.2, 0.25) is 0 Å². The van der Waals surface area contributed by atoms with Crippen LogP contribution in [0.5, 0.6) is 0 Å². The Morgan fingerprint density at radius 1 is 1.07 bits per heavy atom. The van der Waals surface area contributed by atoms with E-state index in [9.17, 15) is 35.9 Å². The number of rotatable bonds is 10. The molecule has 2 amide bonds. The second-order valence-corrected chi connectivity index (χ2v) is 10.6. The third-order valence-electron chi connectivity index (χ3n) is 7.39. The summed E-state index contributed by atoms with van der Waals surface area (Å²) in [6, 6.07) is 8.56. The second kappa shape index (κ2) is 12.1. The predicted octanol–water partition coefficient (Wildman–Crippen LogP) is 6.02. The Balaban J connectivity index is 1.53. The zero-order valence-corrected chi connectivity index (χ0v) is 23.4. The molecule has 0 saturated heterocycles. The number of pyridine rings is 1. The Morgan fingerprint density at radius 2 is 1.77 bits per heavy atom. The van der Waals surface area contributed by atoms with Crippen molar-refractivity contribution in [3.8, 4) is 11.1 Å². The second-order valence-electron chi connectivity index (χ2n) is 10.6. The van der Waals surface area contributed by atoms with Gasteiger partial charge in [0.2, 0.25) is 5.91 Å². The Kier molecular flexibility index (Phi) is 8.49. The highest BCUT2D eigenvalue weighted by atomic mass is 19.4. The van der Waals surface area contributed by atoms with Crippen LogP contribution in [0.1, 0.15) is 70.3 Å². The van der Waals surface area contributed by atoms with E-state index in [2.05, 4.69) is 15.4 Å². The van der Waals surface area contributed by atoms with Crippen molar-refractivity contribution < 1.29 is 35.9 Å². The highest BCUT2D eigenvalue weighted by molar-refractivity contribution is 5.94. The first-order valence-electron chi connectivity index (χ1n) is 13.8. The molecule has 1 unspecified atom stereocenters. The summed E-state index contributed by atoms with van der Waals surface area (Å²) in [6.07, 6.45) is -2.05. The Bertz CT molecular complexity index is 1710. The van der Waals surface area contributed by atoms with Crippen LogP contribution in [0.25, 0.3) is 11.1 Å². The molecule has 5 rings (SSSR count). The van der Waals surface area contributed by atoms with Crippen LogP contribution >= 0.6 is 0 Å². The topological polar surface area (TPSA) is 103 Å². The molecule has 2 aromatic carbocycles. The molecule has 1 aliphatic carbocycles. The van der Waals surface area contributed by atoms with E-state index >= 15 is 0 Å². The number of nitrogens with zero attached hydrogens (tertiary/aromatic N) is 3. The highest BCUT2D eigenvalue weighted by Gasteiger charge is 2.43. The molecular formula is C31H27F6N5O2. The number of hydrogen-bond donors (Lipinski definition) is 2. The van der Waals surface area contributed by atoms with Gasteiger partial charge in [0.05, 0.1) is 17.3 Å². The monoisotopic (exact) mass is 615 g/mol. The molecule has 0 bridgehead atoms. The number of nitrogens with one attached hydrogen (secondary N) is 1. The fourth-order valence-corrected chi connectivity index (χ4v) is 5.40. The van der Waals surface area contributed by atoms with Crippen molar-refractivity contribution in [3.63, 3.8) is 0 Å². The van der Waals surface area contributed by atoms with Gasteiger partial charge in [0.15, 0.2) is 5.69 Å². The van der Waals surface area contributed by atoms with Crippen LogP contribution in [0.4, 0.5) is 26.3 Å². The number of halogens is 6. The molecule has 1 aliphatic rings. The molecule has 4 aromatic rings. The van der Waals surface area contributed by atoms with Gasteiger partial charge in [0, 0.05) is 29.1 Å². The van der Waals surface area contributed by atoms with Crippen LogP contribution in [0.3, 0.4) is 0 Å². The van der Waals surface area contributed by atoms with E-state index in [0.29, 0.717) is 35.7 Å². The SMILES string of the molecule is CCc1c(C2CC2)c(C(F)(F)F)nn1CC(=O)NC(Cc1cc(F)cc(F)c1)c1ncccc1-c1ccc(F)c(C(N)=O)c1. The van der Waals surface area contributed by atoms with Crippen LogP contribution in [0.15, 0.2) is 54.7 Å². The molecule has 0 radical (unpaired) electrons. The average Bonchev–Trinajstić information content (AvgIpc) is 3.72. The summed E-state index contributed by atoms with van der Waals surface area (Å²) in [6.45, 7) is 1.12. The number of alkyl halides is 3. The fraction of sp³-hybridized carbons (Fsp3) is 0.290. The van der Waals surface area contributed by atoms with E-state index in [1.807, 2.05) is 0 Å². The van der Waals surface area contributed by atoms with Gasteiger partial charge in [-0.1, -0.05) is 19.1 Å². The number of hydrogen-bond acceptors (Lipinski definition) is 4. The summed E-state index contributed by atoms with van der Waals surface area (Å²) >= 11 is 0. The van der Waals surface area contributed by atoms with E-state index < -0.39 is 53.7 Å². The lowest BCUT2D eigenvalue weighted by atomic mass is 9.94. The number of carbonyl (C=O) groups is 2. The summed E-state index contributed by atoms with van der Waals surface area (Å²) in [5, 5.41) is 6.51. The lowest BCUT2D eigenvalue weighted by molar-refractivity contribution is -0.142. The largest absolute Gasteiger partial charge is 0.435 e. The molecule has 3 N–H and O–H groups in total. The Morgan fingerprint density at radius 3 is 2.39 bits per heavy atom. The smallest absolute Gasteiger partial charge is 0.366 e. The molecule has 1 fully saturated rings. The number of primary amides is 1. The van der Waals surface area contributed by atoms with Gasteiger partial charge in [0.1, 0.15) is 24.0 Å². The summed E-state index contributed by atoms with van der Waals surface area (Å²) in [4.78, 5) is 29.6. The minimum absolute atomic E-state index is 0.105. The van der Waals surface area contributed by atoms with Crippen molar-refractivity contribution in [2.45, 2.75) is 57.3 Å². The minimum Gasteiger partial charge on any atom is -0.366 e. The molecule has 7 nitrogen and oxygen atoms in total. The maximum Gasteiger partial charge on any atom is 0.435 e. The first kappa shape index (κ1) is 30.8. The number of nitrogens with two attached hydrogens (primary N) is 1. The minimum atomic E-state index is -4.70. The fourth-order valence-electron chi connectivity index (χ4n) is 5.40. The lowest BCUT2D eigenvalue weighted by Gasteiger charge is -2.22. The van der Waals surface area contributed by atoms with Crippen molar-refractivity contribution in [2.75, 3.05) is 0 Å². The molecule has 2 heterocycles. The van der Waals surface area contributed by atoms with Crippen LogP contribution < -0.4 is 11.1 Å². The number of amides is 2. The number of benzene rings is 2. The zero-order valence-electron chi connectivity index (χ0n) is 23.4.